The zero-order valence-corrected chi connectivity index (χ0v) is 13.1. The van der Waals surface area contributed by atoms with Crippen molar-refractivity contribution < 1.29 is 24.9 Å². The lowest BCUT2D eigenvalue weighted by Gasteiger charge is -2.19. The Balaban J connectivity index is 2.72. The van der Waals surface area contributed by atoms with Crippen LogP contribution in [-0.2, 0) is 22.7 Å². The minimum atomic E-state index is -0.964. The van der Waals surface area contributed by atoms with Gasteiger partial charge in [-0.25, -0.2) is 0 Å². The first-order valence-corrected chi connectivity index (χ1v) is 7.34. The van der Waals surface area contributed by atoms with Crippen LogP contribution in [0.2, 0.25) is 0 Å². The van der Waals surface area contributed by atoms with Gasteiger partial charge in [-0.1, -0.05) is 6.42 Å². The van der Waals surface area contributed by atoms with E-state index in [0.717, 1.165) is 0 Å². The molecule has 8 heteroatoms. The van der Waals surface area contributed by atoms with Gasteiger partial charge in [0.05, 0.1) is 12.7 Å². The average Bonchev–Trinajstić information content (AvgIpc) is 2.42. The number of pyridine rings is 1. The highest BCUT2D eigenvalue weighted by Gasteiger charge is 2.10. The predicted molar refractivity (Wildman–Crippen MR) is 82.4 cm³/mol. The summed E-state index contributed by atoms with van der Waals surface area (Å²) in [7, 11) is 1.63. The Labute approximate surface area is 133 Å². The van der Waals surface area contributed by atoms with E-state index in [1.54, 1.807) is 16.5 Å². The van der Waals surface area contributed by atoms with Crippen molar-refractivity contribution >= 4 is 11.9 Å². The zero-order valence-electron chi connectivity index (χ0n) is 13.1. The first-order chi connectivity index (χ1) is 10.8. The van der Waals surface area contributed by atoms with Gasteiger partial charge in [0.1, 0.15) is 0 Å². The van der Waals surface area contributed by atoms with Crippen LogP contribution in [0.4, 0.5) is 0 Å². The second-order valence-electron chi connectivity index (χ2n) is 5.48. The Bertz CT molecular complexity index is 610. The molecule has 0 saturated carbocycles. The van der Waals surface area contributed by atoms with Crippen molar-refractivity contribution in [1.29, 1.82) is 0 Å². The largest absolute Gasteiger partial charge is 0.503 e. The molecule has 0 spiro atoms. The van der Waals surface area contributed by atoms with E-state index in [-0.39, 0.29) is 25.3 Å². The molecule has 0 aromatic carbocycles. The highest BCUT2D eigenvalue weighted by molar-refractivity contribution is 5.69. The molecule has 1 aromatic heterocycles. The lowest BCUT2D eigenvalue weighted by atomic mass is 10.2. The van der Waals surface area contributed by atoms with E-state index in [0.29, 0.717) is 31.5 Å². The molecule has 1 aromatic rings. The first-order valence-electron chi connectivity index (χ1n) is 7.34. The monoisotopic (exact) mass is 326 g/mol. The molecule has 0 saturated heterocycles. The highest BCUT2D eigenvalue weighted by atomic mass is 16.4. The first kappa shape index (κ1) is 18.7. The molecule has 0 aliphatic carbocycles. The van der Waals surface area contributed by atoms with Crippen LogP contribution in [0.25, 0.3) is 0 Å². The maximum absolute atomic E-state index is 11.6. The fourth-order valence-corrected chi connectivity index (χ4v) is 2.25. The van der Waals surface area contributed by atoms with Crippen LogP contribution in [0.1, 0.15) is 31.4 Å². The van der Waals surface area contributed by atoms with Crippen molar-refractivity contribution in [1.82, 2.24) is 9.47 Å². The number of aliphatic carboxylic acids is 2. The van der Waals surface area contributed by atoms with Crippen molar-refractivity contribution in [3.05, 3.63) is 28.2 Å². The zero-order chi connectivity index (χ0) is 17.4. The Morgan fingerprint density at radius 2 is 1.87 bits per heavy atom. The van der Waals surface area contributed by atoms with E-state index < -0.39 is 17.4 Å². The highest BCUT2D eigenvalue weighted by Crippen LogP contribution is 2.10. The lowest BCUT2D eigenvalue weighted by molar-refractivity contribution is -0.138. The van der Waals surface area contributed by atoms with Gasteiger partial charge in [-0.3, -0.25) is 19.3 Å². The fraction of sp³-hybridized carbons (Fsp3) is 0.533. The Hall–Kier alpha value is -2.35. The number of nitrogens with zero attached hydrogens (tertiary/aromatic N) is 2. The molecule has 0 atom stereocenters. The van der Waals surface area contributed by atoms with Gasteiger partial charge >= 0.3 is 11.9 Å². The molecule has 0 bridgehead atoms. The van der Waals surface area contributed by atoms with E-state index in [2.05, 4.69) is 0 Å². The number of likely N-dealkylation sites (N-methyl/N-ethyl adjacent to an activating group) is 1. The molecule has 3 N–H and O–H groups in total. The Morgan fingerprint density at radius 3 is 2.48 bits per heavy atom. The molecular formula is C15H22N2O6. The summed E-state index contributed by atoms with van der Waals surface area (Å²) in [6.07, 6.45) is 3.43. The molecule has 0 radical (unpaired) electrons. The number of carbonyl (C=O) groups is 2. The van der Waals surface area contributed by atoms with Crippen molar-refractivity contribution in [3.8, 4) is 5.75 Å². The van der Waals surface area contributed by atoms with Gasteiger partial charge < -0.3 is 19.9 Å². The second-order valence-corrected chi connectivity index (χ2v) is 5.48. The topological polar surface area (TPSA) is 120 Å². The minimum absolute atomic E-state index is 0.115. The number of rotatable bonds is 10. The van der Waals surface area contributed by atoms with Gasteiger partial charge in [-0.05, 0) is 19.9 Å². The smallest absolute Gasteiger partial charge is 0.317 e. The molecule has 23 heavy (non-hydrogen) atoms. The maximum atomic E-state index is 11.6. The van der Waals surface area contributed by atoms with E-state index in [1.165, 1.54) is 12.3 Å². The quantitative estimate of drug-likeness (QED) is 0.542. The summed E-state index contributed by atoms with van der Waals surface area (Å²) in [6, 6.07) is 1.30. The molecule has 128 valence electrons. The molecule has 8 nitrogen and oxygen atoms in total. The number of aromatic nitrogens is 1. The summed E-state index contributed by atoms with van der Waals surface area (Å²) in [5.41, 5.74) is 0.0978. The molecule has 0 unspecified atom stereocenters. The molecule has 0 fully saturated rings. The summed E-state index contributed by atoms with van der Waals surface area (Å²) < 4.78 is 1.70. The van der Waals surface area contributed by atoms with Crippen LogP contribution in [0, 0.1) is 0 Å². The van der Waals surface area contributed by atoms with Gasteiger partial charge in [0.2, 0.25) is 5.43 Å². The second kappa shape index (κ2) is 8.94. The van der Waals surface area contributed by atoms with Crippen molar-refractivity contribution in [2.24, 2.45) is 0 Å². The van der Waals surface area contributed by atoms with Crippen LogP contribution in [0.15, 0.2) is 17.1 Å². The van der Waals surface area contributed by atoms with Crippen LogP contribution in [0.3, 0.4) is 0 Å². The molecule has 1 heterocycles. The van der Waals surface area contributed by atoms with Gasteiger partial charge in [0, 0.05) is 31.3 Å². The number of hydrogen-bond acceptors (Lipinski definition) is 5. The molecule has 0 aliphatic heterocycles. The van der Waals surface area contributed by atoms with E-state index in [1.807, 2.05) is 0 Å². The van der Waals surface area contributed by atoms with Crippen LogP contribution < -0.4 is 5.43 Å². The summed E-state index contributed by atoms with van der Waals surface area (Å²) >= 11 is 0. The maximum Gasteiger partial charge on any atom is 0.317 e. The number of aryl methyl sites for hydroxylation is 1. The minimum Gasteiger partial charge on any atom is -0.503 e. The molecule has 1 rings (SSSR count). The van der Waals surface area contributed by atoms with Gasteiger partial charge in [-0.2, -0.15) is 0 Å². The Kier molecular flexibility index (Phi) is 7.27. The summed E-state index contributed by atoms with van der Waals surface area (Å²) in [4.78, 5) is 34.3. The van der Waals surface area contributed by atoms with Crippen LogP contribution >= 0.6 is 0 Å². The third kappa shape index (κ3) is 6.96. The summed E-state index contributed by atoms with van der Waals surface area (Å²) in [5.74, 6) is -2.16. The third-order valence-electron chi connectivity index (χ3n) is 3.32. The normalized spacial score (nSPS) is 10.9. The van der Waals surface area contributed by atoms with Crippen molar-refractivity contribution in [2.75, 3.05) is 13.6 Å². The third-order valence-corrected chi connectivity index (χ3v) is 3.32. The molecule has 0 amide bonds. The summed E-state index contributed by atoms with van der Waals surface area (Å²) in [5, 5.41) is 26.9. The van der Waals surface area contributed by atoms with Crippen molar-refractivity contribution in [2.45, 2.75) is 38.8 Å². The van der Waals surface area contributed by atoms with Gasteiger partial charge in [0.15, 0.2) is 5.75 Å². The number of carboxylic acids is 2. The van der Waals surface area contributed by atoms with E-state index >= 15 is 0 Å². The number of hydrogen-bond donors (Lipinski definition) is 3. The number of carboxylic acid groups (broad SMARTS) is 2. The van der Waals surface area contributed by atoms with Crippen LogP contribution in [0.5, 0.6) is 5.75 Å². The summed E-state index contributed by atoms with van der Waals surface area (Å²) in [6.45, 7) is 0.619. The van der Waals surface area contributed by atoms with Crippen molar-refractivity contribution in [3.63, 3.8) is 0 Å². The molecule has 0 aliphatic rings. The van der Waals surface area contributed by atoms with Gasteiger partial charge in [-0.15, -0.1) is 0 Å². The van der Waals surface area contributed by atoms with Gasteiger partial charge in [0.25, 0.3) is 0 Å². The van der Waals surface area contributed by atoms with E-state index in [4.69, 9.17) is 10.2 Å². The van der Waals surface area contributed by atoms with E-state index in [9.17, 15) is 19.5 Å². The van der Waals surface area contributed by atoms with Crippen LogP contribution in [-0.4, -0.2) is 50.3 Å². The Morgan fingerprint density at radius 1 is 1.17 bits per heavy atom. The average molecular weight is 326 g/mol. The number of unbranched alkanes of at least 4 members (excludes halogenated alkanes) is 2. The predicted octanol–water partition coefficient (Wildman–Crippen LogP) is 0.715. The standard InChI is InChI=1S/C15H22N2O6/c1-16(10-15(22)23)8-11-7-12(18)13(19)9-17(11)6-4-2-3-5-14(20)21/h7,9,19H,2-6,8,10H2,1H3,(H,20,21)(H,22,23). The molecular weight excluding hydrogens is 304 g/mol. The fourth-order valence-electron chi connectivity index (χ4n) is 2.25. The number of aromatic hydroxyl groups is 1. The lowest BCUT2D eigenvalue weighted by Crippen LogP contribution is -2.27. The SMILES string of the molecule is CN(CC(=O)O)Cc1cc(=O)c(O)cn1CCCCCC(=O)O.